The van der Waals surface area contributed by atoms with Gasteiger partial charge in [0.2, 0.25) is 5.91 Å². The van der Waals surface area contributed by atoms with E-state index in [1.54, 1.807) is 18.4 Å². The predicted molar refractivity (Wildman–Crippen MR) is 132 cm³/mol. The lowest BCUT2D eigenvalue weighted by molar-refractivity contribution is -0.132. The van der Waals surface area contributed by atoms with E-state index in [2.05, 4.69) is 4.90 Å². The molecule has 1 saturated heterocycles. The molecule has 0 spiro atoms. The molecule has 174 valence electrons. The molecule has 0 radical (unpaired) electrons. The summed E-state index contributed by atoms with van der Waals surface area (Å²) >= 11 is 7.70. The van der Waals surface area contributed by atoms with Crippen molar-refractivity contribution in [2.75, 3.05) is 39.9 Å². The van der Waals surface area contributed by atoms with Gasteiger partial charge in [-0.15, -0.1) is 11.3 Å². The van der Waals surface area contributed by atoms with Crippen molar-refractivity contribution in [2.45, 2.75) is 19.9 Å². The predicted octanol–water partition coefficient (Wildman–Crippen LogP) is 4.76. The van der Waals surface area contributed by atoms with Crippen molar-refractivity contribution in [3.05, 3.63) is 64.1 Å². The number of para-hydroxylation sites is 1. The molecule has 0 unspecified atom stereocenters. The molecular formula is C25H28ClN3O3S. The Bertz CT molecular complexity index is 1100. The van der Waals surface area contributed by atoms with E-state index in [9.17, 15) is 4.79 Å². The second-order valence-electron chi connectivity index (χ2n) is 7.86. The minimum Gasteiger partial charge on any atom is -0.496 e. The van der Waals surface area contributed by atoms with Crippen LogP contribution in [0.1, 0.15) is 18.2 Å². The van der Waals surface area contributed by atoms with Gasteiger partial charge in [0.25, 0.3) is 0 Å². The van der Waals surface area contributed by atoms with Gasteiger partial charge in [0, 0.05) is 48.7 Å². The van der Waals surface area contributed by atoms with Gasteiger partial charge in [0.1, 0.15) is 16.5 Å². The lowest BCUT2D eigenvalue weighted by Crippen LogP contribution is -2.48. The summed E-state index contributed by atoms with van der Waals surface area (Å²) in [5, 5.41) is 3.55. The Morgan fingerprint density at radius 1 is 1.12 bits per heavy atom. The Labute approximate surface area is 203 Å². The summed E-state index contributed by atoms with van der Waals surface area (Å²) in [6.07, 6.45) is 0.315. The molecule has 2 aromatic carbocycles. The number of methoxy groups -OCH3 is 1. The molecule has 0 N–H and O–H groups in total. The number of hydrogen-bond donors (Lipinski definition) is 0. The van der Waals surface area contributed by atoms with Crippen molar-refractivity contribution in [2.24, 2.45) is 0 Å². The highest BCUT2D eigenvalue weighted by Crippen LogP contribution is 2.32. The number of ether oxygens (including phenoxy) is 2. The topological polar surface area (TPSA) is 54.9 Å². The van der Waals surface area contributed by atoms with Gasteiger partial charge in [-0.2, -0.15) is 0 Å². The van der Waals surface area contributed by atoms with Gasteiger partial charge in [-0.05, 0) is 37.3 Å². The number of aromatic nitrogens is 1. The van der Waals surface area contributed by atoms with Crippen LogP contribution < -0.4 is 9.47 Å². The van der Waals surface area contributed by atoms with Gasteiger partial charge < -0.3 is 14.4 Å². The maximum Gasteiger partial charge on any atom is 0.228 e. The Hall–Kier alpha value is -2.61. The molecule has 3 aromatic rings. The number of piperazine rings is 1. The quantitative estimate of drug-likeness (QED) is 0.460. The maximum absolute atomic E-state index is 12.9. The summed E-state index contributed by atoms with van der Waals surface area (Å²) in [7, 11) is 1.67. The summed E-state index contributed by atoms with van der Waals surface area (Å²) in [6, 6.07) is 13.6. The normalized spacial score (nSPS) is 14.3. The van der Waals surface area contributed by atoms with Gasteiger partial charge in [-0.3, -0.25) is 9.69 Å². The average molecular weight is 486 g/mol. The largest absolute Gasteiger partial charge is 0.496 e. The second-order valence-corrected chi connectivity index (χ2v) is 9.16. The highest BCUT2D eigenvalue weighted by Gasteiger charge is 2.23. The van der Waals surface area contributed by atoms with Crippen LogP contribution in [-0.2, 0) is 17.8 Å². The third-order valence-corrected chi connectivity index (χ3v) is 6.82. The summed E-state index contributed by atoms with van der Waals surface area (Å²) in [5.41, 5.74) is 2.83. The van der Waals surface area contributed by atoms with Gasteiger partial charge in [0.15, 0.2) is 0 Å². The molecule has 1 aliphatic rings. The zero-order chi connectivity index (χ0) is 23.2. The third kappa shape index (κ3) is 5.85. The Morgan fingerprint density at radius 3 is 2.67 bits per heavy atom. The zero-order valence-electron chi connectivity index (χ0n) is 18.9. The van der Waals surface area contributed by atoms with Gasteiger partial charge in [-0.1, -0.05) is 23.7 Å². The molecule has 33 heavy (non-hydrogen) atoms. The molecule has 1 aliphatic heterocycles. The molecule has 0 aliphatic carbocycles. The summed E-state index contributed by atoms with van der Waals surface area (Å²) < 4.78 is 11.2. The van der Waals surface area contributed by atoms with Crippen molar-refractivity contribution >= 4 is 28.8 Å². The van der Waals surface area contributed by atoms with Gasteiger partial charge >= 0.3 is 0 Å². The van der Waals surface area contributed by atoms with E-state index in [4.69, 9.17) is 26.1 Å². The fourth-order valence-corrected chi connectivity index (χ4v) is 5.01. The summed E-state index contributed by atoms with van der Waals surface area (Å²) in [6.45, 7) is 6.34. The van der Waals surface area contributed by atoms with E-state index in [1.165, 1.54) is 0 Å². The van der Waals surface area contributed by atoms with E-state index >= 15 is 0 Å². The molecule has 8 heteroatoms. The van der Waals surface area contributed by atoms with Crippen LogP contribution in [0, 0.1) is 0 Å². The number of hydrogen-bond acceptors (Lipinski definition) is 6. The number of rotatable bonds is 8. The molecule has 6 nitrogen and oxygen atoms in total. The molecule has 1 fully saturated rings. The van der Waals surface area contributed by atoms with E-state index < -0.39 is 0 Å². The summed E-state index contributed by atoms with van der Waals surface area (Å²) in [5.74, 6) is 1.77. The fraction of sp³-hybridized carbons (Fsp3) is 0.360. The van der Waals surface area contributed by atoms with Crippen molar-refractivity contribution in [1.82, 2.24) is 14.8 Å². The van der Waals surface area contributed by atoms with Crippen LogP contribution in [0.3, 0.4) is 0 Å². The van der Waals surface area contributed by atoms with Crippen molar-refractivity contribution in [3.63, 3.8) is 0 Å². The molecule has 1 aromatic heterocycles. The smallest absolute Gasteiger partial charge is 0.228 e. The SMILES string of the molecule is CCOc1ccccc1-c1nc(CC(=O)N2CCN(Cc3cc(Cl)ccc3OC)CC2)cs1. The van der Waals surface area contributed by atoms with E-state index in [1.807, 2.05) is 59.7 Å². The third-order valence-electron chi connectivity index (χ3n) is 5.66. The van der Waals surface area contributed by atoms with E-state index in [-0.39, 0.29) is 5.91 Å². The maximum atomic E-state index is 12.9. The summed E-state index contributed by atoms with van der Waals surface area (Å²) in [4.78, 5) is 21.9. The van der Waals surface area contributed by atoms with E-state index in [0.717, 1.165) is 53.0 Å². The zero-order valence-corrected chi connectivity index (χ0v) is 20.5. The Morgan fingerprint density at radius 2 is 1.91 bits per heavy atom. The van der Waals surface area contributed by atoms with Crippen LogP contribution in [0.15, 0.2) is 47.8 Å². The van der Waals surface area contributed by atoms with E-state index in [0.29, 0.717) is 31.1 Å². The first-order chi connectivity index (χ1) is 16.1. The number of nitrogens with zero attached hydrogens (tertiary/aromatic N) is 3. The van der Waals surface area contributed by atoms with Crippen LogP contribution in [-0.4, -0.2) is 60.6 Å². The molecule has 2 heterocycles. The number of carbonyl (C=O) groups is 1. The lowest BCUT2D eigenvalue weighted by Gasteiger charge is -2.35. The van der Waals surface area contributed by atoms with Crippen LogP contribution in [0.25, 0.3) is 10.6 Å². The number of thiazole rings is 1. The van der Waals surface area contributed by atoms with Crippen molar-refractivity contribution < 1.29 is 14.3 Å². The molecule has 0 atom stereocenters. The van der Waals surface area contributed by atoms with Gasteiger partial charge in [0.05, 0.1) is 31.4 Å². The first-order valence-electron chi connectivity index (χ1n) is 11.1. The molecule has 4 rings (SSSR count). The lowest BCUT2D eigenvalue weighted by atomic mass is 10.1. The Kier molecular flexibility index (Phi) is 7.85. The van der Waals surface area contributed by atoms with Crippen LogP contribution >= 0.6 is 22.9 Å². The fourth-order valence-electron chi connectivity index (χ4n) is 3.97. The van der Waals surface area contributed by atoms with Crippen LogP contribution in [0.5, 0.6) is 11.5 Å². The molecule has 0 saturated carbocycles. The molecule has 1 amide bonds. The molecular weight excluding hydrogens is 458 g/mol. The highest BCUT2D eigenvalue weighted by atomic mass is 35.5. The minimum absolute atomic E-state index is 0.116. The van der Waals surface area contributed by atoms with Crippen LogP contribution in [0.2, 0.25) is 5.02 Å². The van der Waals surface area contributed by atoms with Crippen molar-refractivity contribution in [1.29, 1.82) is 0 Å². The highest BCUT2D eigenvalue weighted by molar-refractivity contribution is 7.13. The average Bonchev–Trinajstić information content (AvgIpc) is 3.28. The monoisotopic (exact) mass is 485 g/mol. The van der Waals surface area contributed by atoms with Crippen molar-refractivity contribution in [3.8, 4) is 22.1 Å². The number of carbonyl (C=O) groups excluding carboxylic acids is 1. The first kappa shape index (κ1) is 23.5. The van der Waals surface area contributed by atoms with Gasteiger partial charge in [-0.25, -0.2) is 4.98 Å². The number of amides is 1. The first-order valence-corrected chi connectivity index (χ1v) is 12.3. The second kappa shape index (κ2) is 11.0. The number of benzene rings is 2. The van der Waals surface area contributed by atoms with Crippen LogP contribution in [0.4, 0.5) is 0 Å². The number of halogens is 1. The minimum atomic E-state index is 0.116. The standard InChI is InChI=1S/C25H28ClN3O3S/c1-3-32-23-7-5-4-6-21(23)25-27-20(17-33-25)15-24(30)29-12-10-28(11-13-29)16-18-14-19(26)8-9-22(18)31-2/h4-9,14,17H,3,10-13,15-16H2,1-2H3. The molecule has 0 bridgehead atoms. The Balaban J connectivity index is 1.33.